The quantitative estimate of drug-likeness (QED) is 0.121. The first-order valence-corrected chi connectivity index (χ1v) is 14.2. The van der Waals surface area contributed by atoms with Crippen LogP contribution in [0.1, 0.15) is 24.8 Å². The summed E-state index contributed by atoms with van der Waals surface area (Å²) < 4.78 is 28.0. The Labute approximate surface area is 245 Å². The average Bonchev–Trinajstić information content (AvgIpc) is 3.26. The lowest BCUT2D eigenvalue weighted by Gasteiger charge is -2.13. The first-order chi connectivity index (χ1) is 20.4. The molecule has 4 aromatic carbocycles. The summed E-state index contributed by atoms with van der Waals surface area (Å²) in [6.45, 7) is 1.81. The molecule has 0 unspecified atom stereocenters. The Hall–Kier alpha value is -4.62. The van der Waals surface area contributed by atoms with Crippen molar-refractivity contribution in [3.8, 4) is 22.8 Å². The molecule has 1 aromatic heterocycles. The van der Waals surface area contributed by atoms with Crippen molar-refractivity contribution in [3.63, 3.8) is 0 Å². The predicted molar refractivity (Wildman–Crippen MR) is 167 cm³/mol. The van der Waals surface area contributed by atoms with Crippen molar-refractivity contribution in [3.05, 3.63) is 102 Å². The number of ether oxygens (including phenoxy) is 2. The van der Waals surface area contributed by atoms with Crippen molar-refractivity contribution in [2.75, 3.05) is 27.2 Å². The molecule has 1 N–H and O–H groups in total. The van der Waals surface area contributed by atoms with Crippen molar-refractivity contribution in [1.82, 2.24) is 9.47 Å². The van der Waals surface area contributed by atoms with E-state index in [0.717, 1.165) is 47.0 Å². The van der Waals surface area contributed by atoms with Crippen LogP contribution in [0.15, 0.2) is 91.0 Å². The van der Waals surface area contributed by atoms with Crippen molar-refractivity contribution >= 4 is 33.9 Å². The van der Waals surface area contributed by atoms with Crippen LogP contribution in [0.2, 0.25) is 0 Å². The SMILES string of the molecule is CN(C)CCC/C=C/c1ccccc1-c1c(OC(=O)O)n(CCCOc2cccc3ccccc23)c2ccc(F)cc12. The van der Waals surface area contributed by atoms with E-state index >= 15 is 0 Å². The third-order valence-corrected chi connectivity index (χ3v) is 7.20. The molecule has 0 amide bonds. The van der Waals surface area contributed by atoms with Gasteiger partial charge in [-0.05, 0) is 80.7 Å². The van der Waals surface area contributed by atoms with Crippen molar-refractivity contribution in [2.24, 2.45) is 0 Å². The van der Waals surface area contributed by atoms with Gasteiger partial charge in [0.25, 0.3) is 0 Å². The van der Waals surface area contributed by atoms with Crippen LogP contribution in [0.5, 0.6) is 11.6 Å². The Kier molecular flexibility index (Phi) is 9.19. The Morgan fingerprint density at radius 3 is 2.57 bits per heavy atom. The summed E-state index contributed by atoms with van der Waals surface area (Å²) >= 11 is 0. The van der Waals surface area contributed by atoms with Gasteiger partial charge in [0.15, 0.2) is 0 Å². The monoisotopic (exact) mass is 566 g/mol. The molecule has 0 aliphatic carbocycles. The molecular formula is C35H35FN2O4. The predicted octanol–water partition coefficient (Wildman–Crippen LogP) is 8.48. The molecule has 0 radical (unpaired) electrons. The zero-order chi connectivity index (χ0) is 29.5. The van der Waals surface area contributed by atoms with E-state index < -0.39 is 12.0 Å². The van der Waals surface area contributed by atoms with Gasteiger partial charge in [0.2, 0.25) is 5.88 Å². The summed E-state index contributed by atoms with van der Waals surface area (Å²) in [5.41, 5.74) is 2.92. The van der Waals surface area contributed by atoms with E-state index in [-0.39, 0.29) is 5.88 Å². The average molecular weight is 567 g/mol. The fraction of sp³-hybridized carbons (Fsp3) is 0.229. The smallest absolute Gasteiger partial charge is 0.493 e. The standard InChI is InChI=1S/C35H35FN2O4/c1-37(2)21-9-3-4-12-26-14-6-8-17-29(26)33-30-24-27(36)19-20-31(30)38(34(33)42-35(39)40)22-11-23-41-32-18-10-15-25-13-5-7-16-28(25)32/h4-8,10,12-20,24H,3,9,11,21-23H2,1-2H3,(H,39,40)/b12-4+. The second-order valence-corrected chi connectivity index (χ2v) is 10.5. The molecule has 1 heterocycles. The maximum Gasteiger partial charge on any atom is 0.512 e. The van der Waals surface area contributed by atoms with Crippen molar-refractivity contribution < 1.29 is 23.8 Å². The Bertz CT molecular complexity index is 1720. The minimum absolute atomic E-state index is 0.168. The van der Waals surface area contributed by atoms with Crippen LogP contribution < -0.4 is 9.47 Å². The number of nitrogens with zero attached hydrogens (tertiary/aromatic N) is 2. The number of hydrogen-bond donors (Lipinski definition) is 1. The first-order valence-electron chi connectivity index (χ1n) is 14.2. The van der Waals surface area contributed by atoms with Gasteiger partial charge in [-0.1, -0.05) is 72.8 Å². The number of rotatable bonds is 12. The number of fused-ring (bicyclic) bond motifs is 2. The van der Waals surface area contributed by atoms with E-state index in [0.29, 0.717) is 36.0 Å². The molecule has 6 nitrogen and oxygen atoms in total. The van der Waals surface area contributed by atoms with Crippen LogP contribution in [-0.4, -0.2) is 48.0 Å². The largest absolute Gasteiger partial charge is 0.512 e. The highest BCUT2D eigenvalue weighted by atomic mass is 19.1. The number of aryl methyl sites for hydroxylation is 1. The van der Waals surface area contributed by atoms with Crippen LogP contribution in [0.3, 0.4) is 0 Å². The van der Waals surface area contributed by atoms with E-state index in [1.165, 1.54) is 12.1 Å². The van der Waals surface area contributed by atoms with Gasteiger partial charge in [-0.2, -0.15) is 0 Å². The molecule has 0 aliphatic heterocycles. The summed E-state index contributed by atoms with van der Waals surface area (Å²) in [5.74, 6) is 0.557. The third-order valence-electron chi connectivity index (χ3n) is 7.20. The lowest BCUT2D eigenvalue weighted by Crippen LogP contribution is -2.12. The summed E-state index contributed by atoms with van der Waals surface area (Å²) in [7, 11) is 4.10. The van der Waals surface area contributed by atoms with Gasteiger partial charge >= 0.3 is 6.16 Å². The van der Waals surface area contributed by atoms with E-state index in [1.807, 2.05) is 91.5 Å². The molecule has 0 saturated carbocycles. The maximum absolute atomic E-state index is 14.6. The van der Waals surface area contributed by atoms with E-state index in [4.69, 9.17) is 9.47 Å². The number of hydrogen-bond acceptors (Lipinski definition) is 4. The van der Waals surface area contributed by atoms with E-state index in [1.54, 1.807) is 6.07 Å². The minimum atomic E-state index is -1.43. The summed E-state index contributed by atoms with van der Waals surface area (Å²) in [5, 5.41) is 12.4. The van der Waals surface area contributed by atoms with E-state index in [9.17, 15) is 14.3 Å². The molecule has 0 fully saturated rings. The van der Waals surface area contributed by atoms with Crippen LogP contribution in [-0.2, 0) is 6.54 Å². The lowest BCUT2D eigenvalue weighted by molar-refractivity contribution is 0.141. The van der Waals surface area contributed by atoms with Gasteiger partial charge in [-0.15, -0.1) is 0 Å². The number of carboxylic acid groups (broad SMARTS) is 1. The molecule has 0 aliphatic rings. The first kappa shape index (κ1) is 28.9. The number of benzene rings is 4. The van der Waals surface area contributed by atoms with Gasteiger partial charge in [-0.25, -0.2) is 9.18 Å². The number of carbonyl (C=O) groups is 1. The van der Waals surface area contributed by atoms with Crippen molar-refractivity contribution in [2.45, 2.75) is 25.8 Å². The molecule has 5 rings (SSSR count). The molecule has 0 spiro atoms. The topological polar surface area (TPSA) is 63.9 Å². The summed E-state index contributed by atoms with van der Waals surface area (Å²) in [6.07, 6.45) is 5.22. The molecule has 5 aromatic rings. The summed E-state index contributed by atoms with van der Waals surface area (Å²) in [6, 6.07) is 26.2. The van der Waals surface area contributed by atoms with Crippen LogP contribution in [0, 0.1) is 5.82 Å². The molecular weight excluding hydrogens is 531 g/mol. The van der Waals surface area contributed by atoms with Crippen LogP contribution in [0.25, 0.3) is 38.9 Å². The van der Waals surface area contributed by atoms with Gasteiger partial charge in [0.1, 0.15) is 11.6 Å². The Morgan fingerprint density at radius 1 is 0.952 bits per heavy atom. The fourth-order valence-corrected chi connectivity index (χ4v) is 5.31. The maximum atomic E-state index is 14.6. The second kappa shape index (κ2) is 13.4. The molecule has 0 atom stereocenters. The zero-order valence-electron chi connectivity index (χ0n) is 23.9. The highest BCUT2D eigenvalue weighted by molar-refractivity contribution is 6.02. The lowest BCUT2D eigenvalue weighted by atomic mass is 9.98. The number of halogens is 1. The molecule has 42 heavy (non-hydrogen) atoms. The van der Waals surface area contributed by atoms with Gasteiger partial charge < -0.3 is 24.0 Å². The second-order valence-electron chi connectivity index (χ2n) is 10.5. The molecule has 0 bridgehead atoms. The Morgan fingerprint density at radius 2 is 1.74 bits per heavy atom. The molecule has 7 heteroatoms. The molecule has 216 valence electrons. The van der Waals surface area contributed by atoms with Gasteiger partial charge in [0.05, 0.1) is 17.7 Å². The molecule has 0 saturated heterocycles. The third kappa shape index (κ3) is 6.64. The Balaban J connectivity index is 1.47. The van der Waals surface area contributed by atoms with Crippen LogP contribution >= 0.6 is 0 Å². The van der Waals surface area contributed by atoms with Crippen molar-refractivity contribution in [1.29, 1.82) is 0 Å². The van der Waals surface area contributed by atoms with E-state index in [2.05, 4.69) is 11.0 Å². The fourth-order valence-electron chi connectivity index (χ4n) is 5.31. The van der Waals surface area contributed by atoms with Gasteiger partial charge in [0, 0.05) is 17.3 Å². The highest BCUT2D eigenvalue weighted by Crippen LogP contribution is 2.42. The zero-order valence-corrected chi connectivity index (χ0v) is 23.9. The number of unbranched alkanes of at least 4 members (excludes halogenated alkanes) is 1. The van der Waals surface area contributed by atoms with Gasteiger partial charge in [-0.3, -0.25) is 0 Å². The number of allylic oxidation sites excluding steroid dienone is 1. The minimum Gasteiger partial charge on any atom is -0.493 e. The summed E-state index contributed by atoms with van der Waals surface area (Å²) in [4.78, 5) is 14.1. The van der Waals surface area contributed by atoms with Crippen LogP contribution in [0.4, 0.5) is 9.18 Å². The highest BCUT2D eigenvalue weighted by Gasteiger charge is 2.24. The number of aromatic nitrogens is 1. The normalized spacial score (nSPS) is 11.6.